The second-order valence-electron chi connectivity index (χ2n) is 5.98. The van der Waals surface area contributed by atoms with Crippen molar-refractivity contribution in [3.05, 3.63) is 42.0 Å². The number of hydrogen-bond donors (Lipinski definition) is 2. The molecule has 1 fully saturated rings. The van der Waals surface area contributed by atoms with Crippen molar-refractivity contribution in [1.82, 2.24) is 9.97 Å². The highest BCUT2D eigenvalue weighted by molar-refractivity contribution is 5.50. The molecule has 1 aliphatic heterocycles. The molecule has 1 atom stereocenters. The lowest BCUT2D eigenvalue weighted by Gasteiger charge is -2.24. The summed E-state index contributed by atoms with van der Waals surface area (Å²) in [6.07, 6.45) is 3.52. The maximum absolute atomic E-state index is 13.9. The Balaban J connectivity index is 1.65. The molecule has 1 saturated heterocycles. The van der Waals surface area contributed by atoms with Crippen LogP contribution in [0.3, 0.4) is 0 Å². The zero-order chi connectivity index (χ0) is 17.6. The Bertz CT molecular complexity index is 713. The zero-order valence-corrected chi connectivity index (χ0v) is 14.3. The Morgan fingerprint density at radius 3 is 3.00 bits per heavy atom. The fraction of sp³-hybridized carbons (Fsp3) is 0.444. The van der Waals surface area contributed by atoms with E-state index in [1.165, 1.54) is 12.4 Å². The van der Waals surface area contributed by atoms with E-state index in [-0.39, 0.29) is 24.2 Å². The number of rotatable bonds is 7. The van der Waals surface area contributed by atoms with Crippen molar-refractivity contribution in [2.75, 3.05) is 30.0 Å². The van der Waals surface area contributed by atoms with Crippen molar-refractivity contribution >= 4 is 11.6 Å². The number of nitrogens with one attached hydrogen (secondary N) is 1. The van der Waals surface area contributed by atoms with Gasteiger partial charge in [-0.1, -0.05) is 6.07 Å². The first-order chi connectivity index (χ1) is 12.2. The number of anilines is 2. The minimum Gasteiger partial charge on any atom is -0.491 e. The third kappa shape index (κ3) is 4.17. The second-order valence-corrected chi connectivity index (χ2v) is 5.98. The minimum atomic E-state index is -0.368. The largest absolute Gasteiger partial charge is 0.491 e. The molecule has 0 amide bonds. The van der Waals surface area contributed by atoms with Gasteiger partial charge in [-0.2, -0.15) is 0 Å². The number of aliphatic hydroxyl groups is 1. The van der Waals surface area contributed by atoms with Crippen molar-refractivity contribution in [2.24, 2.45) is 0 Å². The predicted octanol–water partition coefficient (Wildman–Crippen LogP) is 2.59. The second kappa shape index (κ2) is 8.11. The van der Waals surface area contributed by atoms with Gasteiger partial charge < -0.3 is 20.1 Å². The van der Waals surface area contributed by atoms with Crippen LogP contribution in [0.1, 0.15) is 25.3 Å². The molecule has 0 spiro atoms. The van der Waals surface area contributed by atoms with Gasteiger partial charge in [0.15, 0.2) is 11.6 Å². The molecular formula is C18H23FN4O2. The highest BCUT2D eigenvalue weighted by Gasteiger charge is 2.25. The van der Waals surface area contributed by atoms with Gasteiger partial charge in [0.05, 0.1) is 19.3 Å². The molecule has 1 aromatic carbocycles. The smallest absolute Gasteiger partial charge is 0.165 e. The topological polar surface area (TPSA) is 70.5 Å². The fourth-order valence-electron chi connectivity index (χ4n) is 3.05. The van der Waals surface area contributed by atoms with Crippen LogP contribution in [0.5, 0.6) is 5.75 Å². The van der Waals surface area contributed by atoms with Crippen LogP contribution in [0.15, 0.2) is 30.6 Å². The first kappa shape index (κ1) is 17.4. The third-order valence-corrected chi connectivity index (χ3v) is 4.30. The number of halogens is 1. The van der Waals surface area contributed by atoms with E-state index in [1.807, 2.05) is 19.1 Å². The van der Waals surface area contributed by atoms with Crippen LogP contribution in [-0.2, 0) is 6.54 Å². The lowest BCUT2D eigenvalue weighted by atomic mass is 10.2. The minimum absolute atomic E-state index is 0.114. The van der Waals surface area contributed by atoms with E-state index in [4.69, 9.17) is 4.74 Å². The molecule has 1 aromatic heterocycles. The van der Waals surface area contributed by atoms with Gasteiger partial charge in [-0.05, 0) is 37.5 Å². The Morgan fingerprint density at radius 1 is 1.36 bits per heavy atom. The lowest BCUT2D eigenvalue weighted by molar-refractivity contribution is 0.266. The van der Waals surface area contributed by atoms with Gasteiger partial charge in [0.2, 0.25) is 0 Å². The maximum atomic E-state index is 13.9. The van der Waals surface area contributed by atoms with Gasteiger partial charge in [0.25, 0.3) is 0 Å². The third-order valence-electron chi connectivity index (χ3n) is 4.30. The highest BCUT2D eigenvalue weighted by atomic mass is 19.1. The van der Waals surface area contributed by atoms with Gasteiger partial charge >= 0.3 is 0 Å². The van der Waals surface area contributed by atoms with Crippen LogP contribution in [0, 0.1) is 5.82 Å². The molecule has 0 radical (unpaired) electrons. The summed E-state index contributed by atoms with van der Waals surface area (Å²) in [6, 6.07) is 6.90. The Kier molecular flexibility index (Phi) is 5.65. The molecule has 1 aliphatic rings. The van der Waals surface area contributed by atoms with E-state index in [0.717, 1.165) is 30.8 Å². The predicted molar refractivity (Wildman–Crippen MR) is 94.4 cm³/mol. The Hall–Kier alpha value is -2.41. The highest BCUT2D eigenvalue weighted by Crippen LogP contribution is 2.25. The summed E-state index contributed by atoms with van der Waals surface area (Å²) in [6.45, 7) is 3.71. The summed E-state index contributed by atoms with van der Waals surface area (Å²) in [7, 11) is 0. The summed E-state index contributed by atoms with van der Waals surface area (Å²) in [4.78, 5) is 10.6. The molecule has 6 nitrogen and oxygen atoms in total. The number of benzene rings is 1. The molecule has 25 heavy (non-hydrogen) atoms. The summed E-state index contributed by atoms with van der Waals surface area (Å²) in [5.41, 5.74) is 0.801. The van der Waals surface area contributed by atoms with E-state index in [0.29, 0.717) is 19.0 Å². The van der Waals surface area contributed by atoms with Crippen LogP contribution in [-0.4, -0.2) is 40.9 Å². The molecular weight excluding hydrogens is 323 g/mol. The molecule has 134 valence electrons. The van der Waals surface area contributed by atoms with Crippen molar-refractivity contribution in [1.29, 1.82) is 0 Å². The lowest BCUT2D eigenvalue weighted by Crippen LogP contribution is -2.32. The van der Waals surface area contributed by atoms with E-state index in [2.05, 4.69) is 20.2 Å². The van der Waals surface area contributed by atoms with Gasteiger partial charge in [0, 0.05) is 19.2 Å². The molecule has 2 aromatic rings. The summed E-state index contributed by atoms with van der Waals surface area (Å²) >= 11 is 0. The summed E-state index contributed by atoms with van der Waals surface area (Å²) < 4.78 is 19.1. The first-order valence-electron chi connectivity index (χ1n) is 8.56. The number of hydrogen-bond acceptors (Lipinski definition) is 6. The molecule has 0 unspecified atom stereocenters. The molecule has 0 aliphatic carbocycles. The van der Waals surface area contributed by atoms with E-state index >= 15 is 0 Å². The Morgan fingerprint density at radius 2 is 2.24 bits per heavy atom. The van der Waals surface area contributed by atoms with Crippen molar-refractivity contribution < 1.29 is 14.2 Å². The maximum Gasteiger partial charge on any atom is 0.165 e. The normalized spacial score (nSPS) is 16.9. The number of aliphatic hydroxyl groups excluding tert-OH is 1. The zero-order valence-electron chi connectivity index (χ0n) is 14.3. The number of ether oxygens (including phenoxy) is 1. The molecule has 2 N–H and O–H groups in total. The molecule has 0 bridgehead atoms. The molecule has 3 rings (SSSR count). The van der Waals surface area contributed by atoms with Crippen LogP contribution in [0.25, 0.3) is 0 Å². The standard InChI is InChI=1S/C18H23FN4O2/c1-2-25-16-6-5-13(8-15(16)19)10-20-17-9-18(22-12-21-17)23-7-3-4-14(23)11-24/h5-6,8-9,12,14,24H,2-4,7,10-11H2,1H3,(H,20,21,22)/t14-/m0/s1. The summed E-state index contributed by atoms with van der Waals surface area (Å²) in [5.74, 6) is 1.36. The molecule has 0 saturated carbocycles. The van der Waals surface area contributed by atoms with Crippen molar-refractivity contribution in [3.8, 4) is 5.75 Å². The van der Waals surface area contributed by atoms with Gasteiger partial charge in [0.1, 0.15) is 18.0 Å². The van der Waals surface area contributed by atoms with Crippen molar-refractivity contribution in [2.45, 2.75) is 32.4 Å². The molecule has 7 heteroatoms. The van der Waals surface area contributed by atoms with Crippen LogP contribution in [0.4, 0.5) is 16.0 Å². The quantitative estimate of drug-likeness (QED) is 0.803. The van der Waals surface area contributed by atoms with E-state index in [9.17, 15) is 9.50 Å². The van der Waals surface area contributed by atoms with Gasteiger partial charge in [-0.15, -0.1) is 0 Å². The van der Waals surface area contributed by atoms with E-state index in [1.54, 1.807) is 6.07 Å². The van der Waals surface area contributed by atoms with Crippen LogP contribution < -0.4 is 15.0 Å². The fourth-order valence-corrected chi connectivity index (χ4v) is 3.05. The van der Waals surface area contributed by atoms with Gasteiger partial charge in [-0.3, -0.25) is 0 Å². The average Bonchev–Trinajstić information content (AvgIpc) is 3.11. The van der Waals surface area contributed by atoms with Gasteiger partial charge in [-0.25, -0.2) is 14.4 Å². The Labute approximate surface area is 146 Å². The SMILES string of the molecule is CCOc1ccc(CNc2cc(N3CCC[C@H]3CO)ncn2)cc1F. The summed E-state index contributed by atoms with van der Waals surface area (Å²) in [5, 5.41) is 12.6. The molecule has 2 heterocycles. The van der Waals surface area contributed by atoms with Crippen LogP contribution >= 0.6 is 0 Å². The monoisotopic (exact) mass is 346 g/mol. The number of aromatic nitrogens is 2. The first-order valence-corrected chi connectivity index (χ1v) is 8.56. The van der Waals surface area contributed by atoms with Crippen molar-refractivity contribution in [3.63, 3.8) is 0 Å². The number of nitrogens with zero attached hydrogens (tertiary/aromatic N) is 3. The van der Waals surface area contributed by atoms with E-state index < -0.39 is 0 Å². The van der Waals surface area contributed by atoms with Crippen LogP contribution in [0.2, 0.25) is 0 Å². The average molecular weight is 346 g/mol.